The van der Waals surface area contributed by atoms with Crippen molar-refractivity contribution in [2.24, 2.45) is 29.6 Å². The molecule has 1 N–H and O–H groups in total. The van der Waals surface area contributed by atoms with Crippen LogP contribution in [0, 0.1) is 29.6 Å². The smallest absolute Gasteiger partial charge is 0.0570 e. The van der Waals surface area contributed by atoms with Gasteiger partial charge in [-0.1, -0.05) is 54.9 Å². The van der Waals surface area contributed by atoms with Gasteiger partial charge in [0.25, 0.3) is 0 Å². The Morgan fingerprint density at radius 2 is 1.53 bits per heavy atom. The molecule has 0 aromatic rings. The highest BCUT2D eigenvalue weighted by atomic mass is 16.3. The normalized spacial score (nSPS) is 34.1. The van der Waals surface area contributed by atoms with Crippen LogP contribution in [0.3, 0.4) is 0 Å². The fourth-order valence-electron chi connectivity index (χ4n) is 3.60. The van der Waals surface area contributed by atoms with Gasteiger partial charge in [0.1, 0.15) is 0 Å². The van der Waals surface area contributed by atoms with Crippen molar-refractivity contribution in [3.63, 3.8) is 0 Å². The Kier molecular flexibility index (Phi) is 8.98. The molecule has 0 aromatic carbocycles. The molecule has 19 heavy (non-hydrogen) atoms. The molecule has 4 unspecified atom stereocenters. The van der Waals surface area contributed by atoms with E-state index >= 15 is 0 Å². The summed E-state index contributed by atoms with van der Waals surface area (Å²) in [7, 11) is 0. The average Bonchev–Trinajstić information content (AvgIpc) is 2.87. The predicted octanol–water partition coefficient (Wildman–Crippen LogP) is 5.52. The van der Waals surface area contributed by atoms with Crippen LogP contribution >= 0.6 is 0 Å². The van der Waals surface area contributed by atoms with Gasteiger partial charge < -0.3 is 5.11 Å². The third-order valence-corrected chi connectivity index (χ3v) is 5.07. The van der Waals surface area contributed by atoms with Gasteiger partial charge in [0, 0.05) is 0 Å². The molecule has 1 nitrogen and oxygen atoms in total. The van der Waals surface area contributed by atoms with Crippen LogP contribution in [-0.4, -0.2) is 11.2 Å². The fraction of sp³-hybridized carbons (Fsp3) is 1.00. The molecule has 0 amide bonds. The van der Waals surface area contributed by atoms with Crippen LogP contribution in [0.4, 0.5) is 0 Å². The van der Waals surface area contributed by atoms with Crippen LogP contribution in [0.5, 0.6) is 0 Å². The summed E-state index contributed by atoms with van der Waals surface area (Å²) in [5.41, 5.74) is 0. The highest BCUT2D eigenvalue weighted by Gasteiger charge is 2.27. The summed E-state index contributed by atoms with van der Waals surface area (Å²) < 4.78 is 0. The monoisotopic (exact) mass is 270 g/mol. The molecular weight excluding hydrogens is 232 g/mol. The Morgan fingerprint density at radius 3 is 1.74 bits per heavy atom. The summed E-state index contributed by atoms with van der Waals surface area (Å²) >= 11 is 0. The summed E-state index contributed by atoms with van der Waals surface area (Å²) in [6, 6.07) is 0. The highest BCUT2D eigenvalue weighted by molar-refractivity contribution is 4.78. The SMILES string of the molecule is C.CC(C)C1CCCC1O.CC1CCC(C(C)C)C1. The maximum atomic E-state index is 9.36. The van der Waals surface area contributed by atoms with E-state index in [0.717, 1.165) is 24.2 Å². The van der Waals surface area contributed by atoms with Crippen molar-refractivity contribution in [1.29, 1.82) is 0 Å². The van der Waals surface area contributed by atoms with Crippen molar-refractivity contribution in [2.45, 2.75) is 86.7 Å². The minimum atomic E-state index is 0. The molecular formula is C18H38O. The average molecular weight is 271 g/mol. The van der Waals surface area contributed by atoms with Gasteiger partial charge in [-0.3, -0.25) is 0 Å². The van der Waals surface area contributed by atoms with Crippen molar-refractivity contribution in [3.05, 3.63) is 0 Å². The molecule has 0 aliphatic heterocycles. The van der Waals surface area contributed by atoms with Crippen molar-refractivity contribution in [2.75, 3.05) is 0 Å². The minimum absolute atomic E-state index is 0. The number of rotatable bonds is 2. The van der Waals surface area contributed by atoms with E-state index in [1.165, 1.54) is 32.1 Å². The second kappa shape index (κ2) is 9.00. The zero-order valence-electron chi connectivity index (χ0n) is 13.2. The van der Waals surface area contributed by atoms with Crippen molar-refractivity contribution >= 4 is 0 Å². The van der Waals surface area contributed by atoms with Gasteiger partial charge in [-0.25, -0.2) is 0 Å². The third kappa shape index (κ3) is 6.29. The van der Waals surface area contributed by atoms with E-state index in [-0.39, 0.29) is 13.5 Å². The molecule has 0 heterocycles. The Balaban J connectivity index is 0.000000324. The van der Waals surface area contributed by atoms with Crippen LogP contribution in [0.15, 0.2) is 0 Å². The standard InChI is InChI=1S/C9H18.C8H16O.CH4/c1-7(2)9-5-4-8(3)6-9;1-6(2)7-4-3-5-8(7)9;/h7-9H,4-6H2,1-3H3;6-9H,3-5H2,1-2H3;1H4. The van der Waals surface area contributed by atoms with Crippen molar-refractivity contribution in [1.82, 2.24) is 0 Å². The third-order valence-electron chi connectivity index (χ3n) is 5.07. The Morgan fingerprint density at radius 1 is 0.895 bits per heavy atom. The Bertz CT molecular complexity index is 222. The molecule has 0 radical (unpaired) electrons. The Labute approximate surface area is 122 Å². The largest absolute Gasteiger partial charge is 0.393 e. The van der Waals surface area contributed by atoms with Gasteiger partial charge in [-0.05, 0) is 55.3 Å². The number of hydrogen-bond acceptors (Lipinski definition) is 1. The predicted molar refractivity (Wildman–Crippen MR) is 86.3 cm³/mol. The minimum Gasteiger partial charge on any atom is -0.393 e. The molecule has 2 aliphatic carbocycles. The van der Waals surface area contributed by atoms with E-state index in [9.17, 15) is 5.11 Å². The summed E-state index contributed by atoms with van der Waals surface area (Å²) in [5.74, 6) is 4.24. The molecule has 116 valence electrons. The summed E-state index contributed by atoms with van der Waals surface area (Å²) in [6.45, 7) is 11.5. The van der Waals surface area contributed by atoms with E-state index < -0.39 is 0 Å². The van der Waals surface area contributed by atoms with Crippen LogP contribution in [0.1, 0.15) is 80.6 Å². The van der Waals surface area contributed by atoms with Gasteiger partial charge in [-0.2, -0.15) is 0 Å². The first kappa shape index (κ1) is 19.0. The lowest BCUT2D eigenvalue weighted by atomic mass is 9.93. The van der Waals surface area contributed by atoms with Gasteiger partial charge in [0.05, 0.1) is 6.10 Å². The van der Waals surface area contributed by atoms with E-state index in [0.29, 0.717) is 11.8 Å². The van der Waals surface area contributed by atoms with Gasteiger partial charge in [0.2, 0.25) is 0 Å². The molecule has 2 aliphatic rings. The zero-order valence-corrected chi connectivity index (χ0v) is 13.2. The highest BCUT2D eigenvalue weighted by Crippen LogP contribution is 2.34. The first-order chi connectivity index (χ1) is 8.41. The molecule has 1 heteroatoms. The second-order valence-corrected chi connectivity index (χ2v) is 7.33. The summed E-state index contributed by atoms with van der Waals surface area (Å²) in [4.78, 5) is 0. The van der Waals surface area contributed by atoms with Gasteiger partial charge >= 0.3 is 0 Å². The van der Waals surface area contributed by atoms with Crippen LogP contribution < -0.4 is 0 Å². The fourth-order valence-corrected chi connectivity index (χ4v) is 3.60. The molecule has 0 saturated heterocycles. The van der Waals surface area contributed by atoms with E-state index in [1.54, 1.807) is 0 Å². The lowest BCUT2D eigenvalue weighted by molar-refractivity contribution is 0.108. The molecule has 0 spiro atoms. The lowest BCUT2D eigenvalue weighted by Gasteiger charge is -2.17. The molecule has 2 fully saturated rings. The summed E-state index contributed by atoms with van der Waals surface area (Å²) in [5, 5.41) is 9.36. The van der Waals surface area contributed by atoms with E-state index in [2.05, 4.69) is 34.6 Å². The maximum Gasteiger partial charge on any atom is 0.0570 e. The molecule has 0 bridgehead atoms. The topological polar surface area (TPSA) is 20.2 Å². The van der Waals surface area contributed by atoms with Gasteiger partial charge in [-0.15, -0.1) is 0 Å². The number of hydrogen-bond donors (Lipinski definition) is 1. The molecule has 2 rings (SSSR count). The number of aliphatic hydroxyl groups is 1. The van der Waals surface area contributed by atoms with Crippen LogP contribution in [-0.2, 0) is 0 Å². The Hall–Kier alpha value is -0.0400. The second-order valence-electron chi connectivity index (χ2n) is 7.33. The molecule has 2 saturated carbocycles. The zero-order chi connectivity index (χ0) is 13.7. The summed E-state index contributed by atoms with van der Waals surface area (Å²) in [6.07, 6.45) is 7.94. The maximum absolute atomic E-state index is 9.36. The van der Waals surface area contributed by atoms with Crippen molar-refractivity contribution in [3.8, 4) is 0 Å². The first-order valence-electron chi connectivity index (χ1n) is 8.09. The quantitative estimate of drug-likeness (QED) is 0.700. The first-order valence-corrected chi connectivity index (χ1v) is 8.09. The molecule has 4 atom stereocenters. The van der Waals surface area contributed by atoms with Crippen LogP contribution in [0.25, 0.3) is 0 Å². The number of aliphatic hydroxyl groups excluding tert-OH is 1. The lowest BCUT2D eigenvalue weighted by Crippen LogP contribution is -2.18. The van der Waals surface area contributed by atoms with Crippen LogP contribution in [0.2, 0.25) is 0 Å². The molecule has 0 aromatic heterocycles. The van der Waals surface area contributed by atoms with E-state index in [4.69, 9.17) is 0 Å². The van der Waals surface area contributed by atoms with E-state index in [1.807, 2.05) is 0 Å². The van der Waals surface area contributed by atoms with Crippen molar-refractivity contribution < 1.29 is 5.11 Å². The van der Waals surface area contributed by atoms with Gasteiger partial charge in [0.15, 0.2) is 0 Å².